The molecule has 0 heterocycles. The Hall–Kier alpha value is -8.52. The van der Waals surface area contributed by atoms with Gasteiger partial charge in [-0.25, -0.2) is 0 Å². The summed E-state index contributed by atoms with van der Waals surface area (Å²) in [5, 5.41) is 0. The average molecular weight is 1830 g/mol. The summed E-state index contributed by atoms with van der Waals surface area (Å²) in [4.78, 5) is 32.1. The largest absolute Gasteiger partial charge is 0.496 e. The molecule has 0 saturated carbocycles. The van der Waals surface area contributed by atoms with Gasteiger partial charge in [-0.3, -0.25) is 4.18 Å². The van der Waals surface area contributed by atoms with Crippen molar-refractivity contribution in [2.24, 2.45) is 5.41 Å². The molecule has 4 aromatic carbocycles. The molecule has 0 bridgehead atoms. The molecule has 0 aliphatic heterocycles. The highest BCUT2D eigenvalue weighted by Crippen LogP contribution is 2.32. The zero-order valence-corrected chi connectivity index (χ0v) is 77.6. The van der Waals surface area contributed by atoms with Gasteiger partial charge >= 0.3 is 30.4 Å². The fourth-order valence-corrected chi connectivity index (χ4v) is 13.1. The summed E-state index contributed by atoms with van der Waals surface area (Å²) in [7, 11) is -17.2. The average Bonchev–Trinajstić information content (AvgIpc) is 0.814. The Balaban J connectivity index is 0.0000125. The molecule has 0 radical (unpaired) electrons. The Morgan fingerprint density at radius 3 is 0.935 bits per heavy atom. The molecule has 4 aromatic rings. The second-order valence-corrected chi connectivity index (χ2v) is 35.1. The lowest BCUT2D eigenvalue weighted by Gasteiger charge is -2.43. The summed E-state index contributed by atoms with van der Waals surface area (Å²) < 4.78 is 220. The van der Waals surface area contributed by atoms with Crippen LogP contribution in [0.4, 0.5) is 0 Å². The van der Waals surface area contributed by atoms with Crippen molar-refractivity contribution in [3.8, 4) is 0 Å². The van der Waals surface area contributed by atoms with E-state index in [-0.39, 0.29) is 162 Å². The van der Waals surface area contributed by atoms with Gasteiger partial charge in [0.25, 0.3) is 28.0 Å². The standard InChI is InChI=1S/C81H118O33S4.3C2H4/c1-61(2)95-44-47-99-77(17,58-106-110-64(7)8)53-94-55-78(18,54-93-50-76(16,51-104-108-62(3)4)52-105-109-63(5)6)114-79(19,56-102-80(20,100-46-40-90-41-49-107-115(82,83)72-30-22-65(9)23-31-72)59-91-38-42-96-69(13)111-116(84,85)73-32-24-66(10)25-33-73)57-103-81(21,101-48-45-98-71(15)113-118(88,89)75-36-28-68(12)29-37-75)60-92-39-43-97-70(14)112-117(86,87)74-34-26-67(11)27-35-74;3*1-2/h22-37H,1,3,5,7,13-15,38-60H2,2,4,6,8-12,16-21H3;3*1-2H2. The van der Waals surface area contributed by atoms with Crippen LogP contribution in [-0.2, 0) is 158 Å². The summed E-state index contributed by atoms with van der Waals surface area (Å²) in [5.74, 6) is -4.19. The van der Waals surface area contributed by atoms with Gasteiger partial charge in [-0.1, -0.05) is 104 Å². The van der Waals surface area contributed by atoms with E-state index in [9.17, 15) is 33.7 Å². The molecule has 4 rings (SSSR count). The van der Waals surface area contributed by atoms with E-state index < -0.39 is 119 Å². The van der Waals surface area contributed by atoms with E-state index in [1.165, 1.54) is 62.4 Å². The maximum absolute atomic E-state index is 13.3. The molecule has 0 N–H and O–H groups in total. The Morgan fingerprint density at radius 2 is 0.573 bits per heavy atom. The van der Waals surface area contributed by atoms with Crippen LogP contribution in [0.1, 0.15) is 91.5 Å². The Kier molecular flexibility index (Phi) is 52.4. The fraction of sp³-hybridized carbons (Fsp3) is 0.494. The first-order valence-electron chi connectivity index (χ1n) is 38.6. The topological polar surface area (TPSA) is 367 Å². The quantitative estimate of drug-likeness (QED) is 0.00753. The third-order valence-corrected chi connectivity index (χ3v) is 20.7. The van der Waals surface area contributed by atoms with Crippen LogP contribution < -0.4 is 0 Å². The van der Waals surface area contributed by atoms with Crippen molar-refractivity contribution >= 4 is 40.5 Å². The zero-order valence-electron chi connectivity index (χ0n) is 74.3. The molecular formula is C87H130O33S4. The van der Waals surface area contributed by atoms with Crippen molar-refractivity contribution in [1.82, 2.24) is 0 Å². The first kappa shape index (κ1) is 113. The summed E-state index contributed by atoms with van der Waals surface area (Å²) >= 11 is 0. The SMILES string of the molecule is C=C.C=C.C=C.C=C(C)OCCOC(C)(COCC(C)(COCC(C)(COOC(=C)C)COOC(=C)C)OC(C)(COC(C)(COCCOC(=C)OS(=O)(=O)c1ccc(C)cc1)OCCOCCOS(=O)(=O)c1ccc(C)cc1)COC(C)(COCCOC(=C)OS(=O)(=O)c1ccc(C)cc1)OCCOC(=C)OS(=O)(=O)c1ccc(C)cc1)COOC(=C)C. The summed E-state index contributed by atoms with van der Waals surface area (Å²) in [6.45, 7) is 61.4. The van der Waals surface area contributed by atoms with E-state index in [4.69, 9.17) is 117 Å². The third kappa shape index (κ3) is 47.7. The molecule has 700 valence electrons. The number of rotatable bonds is 68. The number of allylic oxidation sites excluding steroid dienone is 4. The first-order chi connectivity index (χ1) is 58.2. The molecule has 0 amide bonds. The van der Waals surface area contributed by atoms with Crippen LogP contribution >= 0.6 is 0 Å². The highest BCUT2D eigenvalue weighted by Gasteiger charge is 2.44. The number of ether oxygens (including phenoxy) is 15. The van der Waals surface area contributed by atoms with Crippen LogP contribution in [0, 0.1) is 33.1 Å². The van der Waals surface area contributed by atoms with Crippen molar-refractivity contribution in [2.75, 3.05) is 152 Å². The minimum Gasteiger partial charge on any atom is -0.496 e. The highest BCUT2D eigenvalue weighted by atomic mass is 32.2. The molecule has 37 heteroatoms. The maximum Gasteiger partial charge on any atom is 0.341 e. The third-order valence-electron chi connectivity index (χ3n) is 15.6. The van der Waals surface area contributed by atoms with Crippen LogP contribution in [0.25, 0.3) is 0 Å². The van der Waals surface area contributed by atoms with Gasteiger partial charge in [0, 0.05) is 5.41 Å². The van der Waals surface area contributed by atoms with E-state index in [0.717, 1.165) is 22.3 Å². The van der Waals surface area contributed by atoms with E-state index >= 15 is 0 Å². The molecule has 0 spiro atoms. The fourth-order valence-electron chi connectivity index (χ4n) is 9.66. The summed E-state index contributed by atoms with van der Waals surface area (Å²) in [5.41, 5.74) is -2.43. The van der Waals surface area contributed by atoms with Crippen LogP contribution in [0.2, 0.25) is 0 Å². The van der Waals surface area contributed by atoms with E-state index in [2.05, 4.69) is 85.5 Å². The second kappa shape index (κ2) is 57.2. The highest BCUT2D eigenvalue weighted by molar-refractivity contribution is 7.87. The molecule has 5 unspecified atom stereocenters. The molecule has 33 nitrogen and oxygen atoms in total. The Morgan fingerprint density at radius 1 is 0.282 bits per heavy atom. The van der Waals surface area contributed by atoms with Gasteiger partial charge in [-0.2, -0.15) is 48.3 Å². The van der Waals surface area contributed by atoms with Crippen molar-refractivity contribution in [2.45, 2.75) is 145 Å². The van der Waals surface area contributed by atoms with Crippen LogP contribution in [0.5, 0.6) is 0 Å². The van der Waals surface area contributed by atoms with E-state index in [0.29, 0.717) is 5.76 Å². The van der Waals surface area contributed by atoms with Gasteiger partial charge in [0.05, 0.1) is 103 Å². The van der Waals surface area contributed by atoms with Crippen LogP contribution in [0.15, 0.2) is 243 Å². The molecule has 0 aromatic heterocycles. The summed E-state index contributed by atoms with van der Waals surface area (Å²) in [6, 6.07) is 23.9. The monoisotopic (exact) mass is 1830 g/mol. The number of hydrogen-bond acceptors (Lipinski definition) is 33. The van der Waals surface area contributed by atoms with Gasteiger partial charge in [0.2, 0.25) is 0 Å². The van der Waals surface area contributed by atoms with E-state index in [1.54, 1.807) is 125 Å². The lowest BCUT2D eigenvalue weighted by molar-refractivity contribution is -0.322. The molecule has 124 heavy (non-hydrogen) atoms. The van der Waals surface area contributed by atoms with Crippen LogP contribution in [-0.4, -0.2) is 214 Å². The van der Waals surface area contributed by atoms with Gasteiger partial charge in [-0.05, 0) is 158 Å². The number of aryl methyl sites for hydroxylation is 4. The van der Waals surface area contributed by atoms with Gasteiger partial charge in [0.15, 0.2) is 11.6 Å². The van der Waals surface area contributed by atoms with Gasteiger partial charge in [-0.15, -0.1) is 39.5 Å². The van der Waals surface area contributed by atoms with Crippen LogP contribution in [0.3, 0.4) is 0 Å². The predicted octanol–water partition coefficient (Wildman–Crippen LogP) is 14.6. The second-order valence-electron chi connectivity index (χ2n) is 28.9. The number of hydrogen-bond donors (Lipinski definition) is 0. The molecule has 0 saturated heterocycles. The molecule has 0 fully saturated rings. The molecule has 5 atom stereocenters. The Bertz CT molecular complexity index is 4310. The first-order valence-corrected chi connectivity index (χ1v) is 44.2. The van der Waals surface area contributed by atoms with Crippen molar-refractivity contribution in [1.29, 1.82) is 0 Å². The lowest BCUT2D eigenvalue weighted by Crippen LogP contribution is -2.55. The Labute approximate surface area is 735 Å². The summed E-state index contributed by atoms with van der Waals surface area (Å²) in [6.07, 6.45) is 0. The number of benzene rings is 4. The van der Waals surface area contributed by atoms with E-state index in [1.807, 2.05) is 6.92 Å². The maximum atomic E-state index is 13.3. The normalized spacial score (nSPS) is 14.0. The zero-order chi connectivity index (χ0) is 93.9. The van der Waals surface area contributed by atoms with Gasteiger partial charge < -0.3 is 98.3 Å². The lowest BCUT2D eigenvalue weighted by atomic mass is 9.94. The molecule has 0 aliphatic rings. The van der Waals surface area contributed by atoms with Gasteiger partial charge in [0.1, 0.15) is 108 Å². The minimum absolute atomic E-state index is 0.0456. The van der Waals surface area contributed by atoms with Crippen molar-refractivity contribution in [3.05, 3.63) is 246 Å². The minimum atomic E-state index is -4.40. The smallest absolute Gasteiger partial charge is 0.341 e. The molecule has 0 aliphatic carbocycles. The molecular weight excluding hydrogens is 1700 g/mol. The van der Waals surface area contributed by atoms with Crippen molar-refractivity contribution in [3.63, 3.8) is 0 Å². The predicted molar refractivity (Wildman–Crippen MR) is 463 cm³/mol. The van der Waals surface area contributed by atoms with Crippen molar-refractivity contribution < 1.29 is 151 Å².